The minimum atomic E-state index is -1.20. The average Bonchev–Trinajstić information content (AvgIpc) is 3.09. The molecule has 0 saturated carbocycles. The average molecular weight is 690 g/mol. The Morgan fingerprint density at radius 1 is 0.620 bits per heavy atom. The number of carboxylic acid groups (broad SMARTS) is 1. The maximum absolute atomic E-state index is 13.1. The van der Waals surface area contributed by atoms with Crippen molar-refractivity contribution in [1.82, 2.24) is 26.6 Å². The predicted octanol–water partition coefficient (Wildman–Crippen LogP) is 1.81. The van der Waals surface area contributed by atoms with Gasteiger partial charge in [0, 0.05) is 12.8 Å². The van der Waals surface area contributed by atoms with Gasteiger partial charge in [0.1, 0.15) is 30.5 Å². The van der Waals surface area contributed by atoms with Crippen LogP contribution >= 0.6 is 0 Å². The van der Waals surface area contributed by atoms with Gasteiger partial charge in [-0.05, 0) is 41.2 Å². The summed E-state index contributed by atoms with van der Waals surface area (Å²) in [4.78, 5) is 75.9. The van der Waals surface area contributed by atoms with Gasteiger partial charge in [0.15, 0.2) is 0 Å². The first-order valence-electron chi connectivity index (χ1n) is 16.1. The van der Waals surface area contributed by atoms with Crippen LogP contribution < -0.4 is 26.6 Å². The molecule has 5 amide bonds. The highest BCUT2D eigenvalue weighted by atomic mass is 16.5. The number of phenolic OH excluding ortho intramolecular Hbond substituents is 1. The Labute approximate surface area is 290 Å². The number of carboxylic acids is 1. The molecule has 0 heterocycles. The van der Waals surface area contributed by atoms with E-state index < -0.39 is 66.9 Å². The van der Waals surface area contributed by atoms with Crippen LogP contribution in [0.15, 0.2) is 84.9 Å². The Bertz CT molecular complexity index is 1580. The largest absolute Gasteiger partial charge is 0.508 e. The molecule has 50 heavy (non-hydrogen) atoms. The fourth-order valence-electron chi connectivity index (χ4n) is 4.79. The van der Waals surface area contributed by atoms with Gasteiger partial charge >= 0.3 is 12.1 Å². The van der Waals surface area contributed by atoms with Crippen LogP contribution in [-0.4, -0.2) is 77.1 Å². The monoisotopic (exact) mass is 689 g/mol. The molecule has 0 unspecified atom stereocenters. The van der Waals surface area contributed by atoms with E-state index in [4.69, 9.17) is 4.74 Å². The van der Waals surface area contributed by atoms with Crippen LogP contribution in [0.3, 0.4) is 0 Å². The zero-order valence-electron chi connectivity index (χ0n) is 27.9. The highest BCUT2D eigenvalue weighted by molar-refractivity contribution is 5.93. The second-order valence-electron chi connectivity index (χ2n) is 12.0. The molecule has 3 aromatic rings. The second kappa shape index (κ2) is 19.8. The lowest BCUT2D eigenvalue weighted by Gasteiger charge is -2.22. The first-order chi connectivity index (χ1) is 23.9. The smallest absolute Gasteiger partial charge is 0.408 e. The third kappa shape index (κ3) is 14.1. The molecule has 3 atom stereocenters. The molecule has 0 spiro atoms. The maximum Gasteiger partial charge on any atom is 0.408 e. The zero-order valence-corrected chi connectivity index (χ0v) is 27.9. The van der Waals surface area contributed by atoms with Gasteiger partial charge in [0.25, 0.3) is 0 Å². The van der Waals surface area contributed by atoms with E-state index in [9.17, 15) is 39.0 Å². The summed E-state index contributed by atoms with van der Waals surface area (Å²) in [5.74, 6) is -4.03. The Morgan fingerprint density at radius 2 is 1.16 bits per heavy atom. The molecule has 0 aliphatic carbocycles. The highest BCUT2D eigenvalue weighted by Crippen LogP contribution is 2.12. The molecule has 0 radical (unpaired) electrons. The fraction of sp³-hybridized carbons (Fsp3) is 0.333. The van der Waals surface area contributed by atoms with E-state index in [1.165, 1.54) is 12.1 Å². The number of carbonyl (C=O) groups is 6. The van der Waals surface area contributed by atoms with Crippen LogP contribution in [0.25, 0.3) is 0 Å². The van der Waals surface area contributed by atoms with Crippen LogP contribution in [0.2, 0.25) is 0 Å². The third-order valence-electron chi connectivity index (χ3n) is 7.32. The van der Waals surface area contributed by atoms with Gasteiger partial charge < -0.3 is 41.5 Å². The van der Waals surface area contributed by atoms with Crippen molar-refractivity contribution in [2.45, 2.75) is 57.8 Å². The molecular weight excluding hydrogens is 646 g/mol. The van der Waals surface area contributed by atoms with Crippen LogP contribution in [-0.2, 0) is 48.2 Å². The van der Waals surface area contributed by atoms with E-state index in [0.717, 1.165) is 11.1 Å². The van der Waals surface area contributed by atoms with Gasteiger partial charge in [0.05, 0.1) is 13.1 Å². The number of rotatable bonds is 18. The third-order valence-corrected chi connectivity index (χ3v) is 7.32. The fourth-order valence-corrected chi connectivity index (χ4v) is 4.79. The number of hydrogen-bond donors (Lipinski definition) is 7. The Hall–Kier alpha value is -5.92. The van der Waals surface area contributed by atoms with Crippen LogP contribution in [0.1, 0.15) is 37.0 Å². The number of ether oxygens (including phenoxy) is 1. The van der Waals surface area contributed by atoms with Crippen molar-refractivity contribution < 1.29 is 43.7 Å². The molecule has 7 N–H and O–H groups in total. The van der Waals surface area contributed by atoms with Crippen molar-refractivity contribution in [3.05, 3.63) is 102 Å². The number of amides is 5. The van der Waals surface area contributed by atoms with Crippen molar-refractivity contribution in [1.29, 1.82) is 0 Å². The van der Waals surface area contributed by atoms with E-state index in [0.29, 0.717) is 5.56 Å². The molecule has 3 aromatic carbocycles. The first-order valence-corrected chi connectivity index (χ1v) is 16.1. The number of aromatic hydroxyl groups is 1. The van der Waals surface area contributed by atoms with E-state index in [1.54, 1.807) is 66.7 Å². The maximum atomic E-state index is 13.1. The Kier molecular flexibility index (Phi) is 15.3. The number of phenols is 1. The lowest BCUT2D eigenvalue weighted by molar-refractivity contribution is -0.142. The van der Waals surface area contributed by atoms with Crippen molar-refractivity contribution in [2.24, 2.45) is 5.92 Å². The molecule has 0 fully saturated rings. The van der Waals surface area contributed by atoms with Crippen molar-refractivity contribution >= 4 is 35.7 Å². The normalized spacial score (nSPS) is 12.5. The number of hydrogen-bond acceptors (Lipinski definition) is 8. The quantitative estimate of drug-likeness (QED) is 0.104. The number of alkyl carbamates (subject to hydrolysis) is 1. The van der Waals surface area contributed by atoms with Crippen LogP contribution in [0.4, 0.5) is 4.79 Å². The molecule has 0 bridgehead atoms. The van der Waals surface area contributed by atoms with Gasteiger partial charge in [-0.3, -0.25) is 19.2 Å². The minimum Gasteiger partial charge on any atom is -0.508 e. The summed E-state index contributed by atoms with van der Waals surface area (Å²) < 4.78 is 5.24. The zero-order chi connectivity index (χ0) is 36.5. The Balaban J connectivity index is 1.56. The summed E-state index contributed by atoms with van der Waals surface area (Å²) in [5, 5.41) is 31.5. The minimum absolute atomic E-state index is 0.0124. The molecule has 0 saturated heterocycles. The lowest BCUT2D eigenvalue weighted by atomic mass is 10.0. The van der Waals surface area contributed by atoms with E-state index in [2.05, 4.69) is 26.6 Å². The van der Waals surface area contributed by atoms with Crippen molar-refractivity contribution in [3.8, 4) is 5.75 Å². The van der Waals surface area contributed by atoms with Crippen molar-refractivity contribution in [2.75, 3.05) is 13.1 Å². The molecule has 14 heteroatoms. The van der Waals surface area contributed by atoms with E-state index in [1.807, 2.05) is 19.9 Å². The molecule has 266 valence electrons. The summed E-state index contributed by atoms with van der Waals surface area (Å²) in [6, 6.07) is 20.3. The van der Waals surface area contributed by atoms with Crippen molar-refractivity contribution in [3.63, 3.8) is 0 Å². The number of nitrogens with one attached hydrogen (secondary N) is 5. The van der Waals surface area contributed by atoms with Gasteiger partial charge in [-0.25, -0.2) is 9.59 Å². The van der Waals surface area contributed by atoms with E-state index in [-0.39, 0.29) is 37.5 Å². The molecule has 14 nitrogen and oxygen atoms in total. The second-order valence-corrected chi connectivity index (χ2v) is 12.0. The van der Waals surface area contributed by atoms with Gasteiger partial charge in [0.2, 0.25) is 23.6 Å². The molecule has 3 rings (SSSR count). The first kappa shape index (κ1) is 38.5. The molecular formula is C36H43N5O9. The molecule has 0 aromatic heterocycles. The van der Waals surface area contributed by atoms with Gasteiger partial charge in [-0.1, -0.05) is 86.6 Å². The summed E-state index contributed by atoms with van der Waals surface area (Å²) >= 11 is 0. The summed E-state index contributed by atoms with van der Waals surface area (Å²) in [5.41, 5.74) is 2.07. The van der Waals surface area contributed by atoms with E-state index >= 15 is 0 Å². The predicted molar refractivity (Wildman–Crippen MR) is 182 cm³/mol. The lowest BCUT2D eigenvalue weighted by Crippen LogP contribution is -2.54. The Morgan fingerprint density at radius 3 is 1.74 bits per heavy atom. The number of aliphatic carboxylic acids is 1. The summed E-state index contributed by atoms with van der Waals surface area (Å²) in [6.07, 6.45) is -0.586. The van der Waals surface area contributed by atoms with Gasteiger partial charge in [-0.2, -0.15) is 0 Å². The van der Waals surface area contributed by atoms with Crippen LogP contribution in [0, 0.1) is 5.92 Å². The number of carbonyl (C=O) groups excluding carboxylic acids is 5. The summed E-state index contributed by atoms with van der Waals surface area (Å²) in [7, 11) is 0. The summed E-state index contributed by atoms with van der Waals surface area (Å²) in [6.45, 7) is 2.54. The number of benzene rings is 3. The highest BCUT2D eigenvalue weighted by Gasteiger charge is 2.28. The molecule has 0 aliphatic heterocycles. The standard InChI is InChI=1S/C36H43N5O9/c1-23(2)17-30(35(47)48)40-34(46)29(18-24-9-5-3-6-10-24)39-32(44)21-37-31(43)20-38-33(45)28(19-25-13-15-27(42)16-14-25)41-36(49)50-22-26-11-7-4-8-12-26/h3-16,23,28-30,42H,17-22H2,1-2H3,(H,37,43)(H,38,45)(H,39,44)(H,40,46)(H,41,49)(H,47,48)/t28-,29-,30-/m0/s1. The van der Waals surface area contributed by atoms with Crippen LogP contribution in [0.5, 0.6) is 5.75 Å². The molecule has 0 aliphatic rings. The van der Waals surface area contributed by atoms with Gasteiger partial charge in [-0.15, -0.1) is 0 Å². The topological polar surface area (TPSA) is 212 Å². The SMILES string of the molecule is CC(C)C[C@H](NC(=O)[C@H](Cc1ccccc1)NC(=O)CNC(=O)CNC(=O)[C@H](Cc1ccc(O)cc1)NC(=O)OCc1ccccc1)C(=O)O.